The summed E-state index contributed by atoms with van der Waals surface area (Å²) in [6.45, 7) is 3.51. The monoisotopic (exact) mass is 185 g/mol. The molecule has 0 amide bonds. The first-order valence-electron chi connectivity index (χ1n) is 5.29. The molecule has 0 radical (unpaired) electrons. The van der Waals surface area contributed by atoms with Gasteiger partial charge in [-0.05, 0) is 19.8 Å². The zero-order chi connectivity index (χ0) is 9.31. The second kappa shape index (κ2) is 3.56. The fourth-order valence-corrected chi connectivity index (χ4v) is 1.91. The number of hydrogen-bond donors (Lipinski definition) is 2. The summed E-state index contributed by atoms with van der Waals surface area (Å²) in [5.41, 5.74) is -0.470. The normalized spacial score (nSPS) is 38.8. The van der Waals surface area contributed by atoms with Crippen molar-refractivity contribution in [2.45, 2.75) is 50.4 Å². The molecule has 0 unspecified atom stereocenters. The van der Waals surface area contributed by atoms with Crippen molar-refractivity contribution in [3.8, 4) is 0 Å². The molecule has 2 rings (SSSR count). The van der Waals surface area contributed by atoms with Crippen molar-refractivity contribution in [2.75, 3.05) is 13.2 Å². The fourth-order valence-electron chi connectivity index (χ4n) is 1.91. The van der Waals surface area contributed by atoms with Gasteiger partial charge in [0.15, 0.2) is 0 Å². The van der Waals surface area contributed by atoms with Crippen LogP contribution in [0.2, 0.25) is 0 Å². The van der Waals surface area contributed by atoms with Crippen molar-refractivity contribution >= 4 is 0 Å². The topological polar surface area (TPSA) is 41.5 Å². The van der Waals surface area contributed by atoms with Crippen molar-refractivity contribution in [1.29, 1.82) is 0 Å². The average Bonchev–Trinajstić information content (AvgIpc) is 2.81. The first-order valence-corrected chi connectivity index (χ1v) is 5.29. The molecular formula is C10H19NO2. The van der Waals surface area contributed by atoms with E-state index in [4.69, 9.17) is 4.74 Å². The summed E-state index contributed by atoms with van der Waals surface area (Å²) in [4.78, 5) is 0. The van der Waals surface area contributed by atoms with Crippen LogP contribution in [-0.4, -0.2) is 36.0 Å². The Balaban J connectivity index is 1.62. The van der Waals surface area contributed by atoms with Gasteiger partial charge >= 0.3 is 0 Å². The Kier molecular flexibility index (Phi) is 2.58. The molecule has 2 fully saturated rings. The molecule has 2 aliphatic rings. The van der Waals surface area contributed by atoms with E-state index in [1.54, 1.807) is 0 Å². The zero-order valence-electron chi connectivity index (χ0n) is 8.25. The van der Waals surface area contributed by atoms with Gasteiger partial charge in [0, 0.05) is 32.0 Å². The Hall–Kier alpha value is -0.120. The third-order valence-electron chi connectivity index (χ3n) is 2.91. The molecule has 0 aromatic rings. The third-order valence-corrected chi connectivity index (χ3v) is 2.91. The van der Waals surface area contributed by atoms with Crippen LogP contribution in [-0.2, 0) is 4.74 Å². The first-order chi connectivity index (χ1) is 6.22. The van der Waals surface area contributed by atoms with Crippen molar-refractivity contribution in [3.63, 3.8) is 0 Å². The molecule has 2 saturated carbocycles. The summed E-state index contributed by atoms with van der Waals surface area (Å²) < 4.78 is 5.41. The highest BCUT2D eigenvalue weighted by atomic mass is 16.5. The quantitative estimate of drug-likeness (QED) is 0.661. The second-order valence-electron chi connectivity index (χ2n) is 4.37. The molecule has 13 heavy (non-hydrogen) atoms. The van der Waals surface area contributed by atoms with Crippen LogP contribution in [0.25, 0.3) is 0 Å². The van der Waals surface area contributed by atoms with E-state index in [2.05, 4.69) is 5.32 Å². The highest BCUT2D eigenvalue weighted by Crippen LogP contribution is 2.34. The van der Waals surface area contributed by atoms with Crippen LogP contribution in [0.1, 0.15) is 32.6 Å². The van der Waals surface area contributed by atoms with Crippen molar-refractivity contribution in [3.05, 3.63) is 0 Å². The second-order valence-corrected chi connectivity index (χ2v) is 4.37. The van der Waals surface area contributed by atoms with E-state index in [0.29, 0.717) is 12.1 Å². The van der Waals surface area contributed by atoms with Crippen LogP contribution < -0.4 is 5.32 Å². The van der Waals surface area contributed by atoms with Crippen LogP contribution in [0.4, 0.5) is 0 Å². The van der Waals surface area contributed by atoms with Crippen LogP contribution >= 0.6 is 0 Å². The summed E-state index contributed by atoms with van der Waals surface area (Å²) in [6, 6.07) is 0.690. The molecule has 0 spiro atoms. The molecular weight excluding hydrogens is 166 g/mol. The SMILES string of the molecule is CCOC1CC(O)(CNC2CC2)C1. The van der Waals surface area contributed by atoms with Gasteiger partial charge in [-0.25, -0.2) is 0 Å². The van der Waals surface area contributed by atoms with Gasteiger partial charge in [0.25, 0.3) is 0 Å². The minimum Gasteiger partial charge on any atom is -0.388 e. The Bertz CT molecular complexity index is 174. The lowest BCUT2D eigenvalue weighted by Gasteiger charge is -2.43. The van der Waals surface area contributed by atoms with Crippen molar-refractivity contribution in [2.24, 2.45) is 0 Å². The number of nitrogens with one attached hydrogen (secondary N) is 1. The van der Waals surface area contributed by atoms with Crippen LogP contribution in [0.15, 0.2) is 0 Å². The summed E-state index contributed by atoms with van der Waals surface area (Å²) in [5.74, 6) is 0. The van der Waals surface area contributed by atoms with Gasteiger partial charge in [-0.3, -0.25) is 0 Å². The Labute approximate surface area is 79.5 Å². The van der Waals surface area contributed by atoms with E-state index in [1.807, 2.05) is 6.92 Å². The Morgan fingerprint density at radius 3 is 2.69 bits per heavy atom. The lowest BCUT2D eigenvalue weighted by molar-refractivity contribution is -0.134. The number of hydrogen-bond acceptors (Lipinski definition) is 3. The van der Waals surface area contributed by atoms with Crippen molar-refractivity contribution < 1.29 is 9.84 Å². The molecule has 76 valence electrons. The zero-order valence-corrected chi connectivity index (χ0v) is 8.25. The number of aliphatic hydroxyl groups is 1. The van der Waals surface area contributed by atoms with Crippen LogP contribution in [0, 0.1) is 0 Å². The highest BCUT2D eigenvalue weighted by Gasteiger charge is 2.43. The number of rotatable bonds is 5. The molecule has 2 aliphatic carbocycles. The summed E-state index contributed by atoms with van der Waals surface area (Å²) in [5, 5.41) is 13.3. The number of ether oxygens (including phenoxy) is 1. The molecule has 3 nitrogen and oxygen atoms in total. The molecule has 0 aromatic carbocycles. The van der Waals surface area contributed by atoms with Gasteiger partial charge in [-0.1, -0.05) is 0 Å². The molecule has 0 saturated heterocycles. The van der Waals surface area contributed by atoms with Gasteiger partial charge in [0.2, 0.25) is 0 Å². The minimum atomic E-state index is -0.470. The van der Waals surface area contributed by atoms with Gasteiger partial charge in [-0.2, -0.15) is 0 Å². The molecule has 0 aliphatic heterocycles. The van der Waals surface area contributed by atoms with E-state index in [9.17, 15) is 5.11 Å². The fraction of sp³-hybridized carbons (Fsp3) is 1.00. The third kappa shape index (κ3) is 2.42. The predicted molar refractivity (Wildman–Crippen MR) is 50.6 cm³/mol. The molecule has 3 heteroatoms. The average molecular weight is 185 g/mol. The summed E-state index contributed by atoms with van der Waals surface area (Å²) >= 11 is 0. The van der Waals surface area contributed by atoms with Crippen LogP contribution in [0.3, 0.4) is 0 Å². The van der Waals surface area contributed by atoms with Gasteiger partial charge in [-0.15, -0.1) is 0 Å². The standard InChI is InChI=1S/C10H19NO2/c1-2-13-9-5-10(12,6-9)7-11-8-3-4-8/h8-9,11-12H,2-7H2,1H3. The Morgan fingerprint density at radius 2 is 2.15 bits per heavy atom. The predicted octanol–water partition coefficient (Wildman–Crippen LogP) is 0.668. The van der Waals surface area contributed by atoms with Crippen LogP contribution in [0.5, 0.6) is 0 Å². The van der Waals surface area contributed by atoms with E-state index in [-0.39, 0.29) is 0 Å². The van der Waals surface area contributed by atoms with E-state index >= 15 is 0 Å². The summed E-state index contributed by atoms with van der Waals surface area (Å²) in [7, 11) is 0. The highest BCUT2D eigenvalue weighted by molar-refractivity contribution is 4.98. The largest absolute Gasteiger partial charge is 0.388 e. The Morgan fingerprint density at radius 1 is 1.46 bits per heavy atom. The van der Waals surface area contributed by atoms with Gasteiger partial charge in [0.05, 0.1) is 11.7 Å². The van der Waals surface area contributed by atoms with Gasteiger partial charge < -0.3 is 15.2 Å². The minimum absolute atomic E-state index is 0.302. The maximum absolute atomic E-state index is 9.94. The first kappa shape index (κ1) is 9.44. The molecule has 0 aromatic heterocycles. The molecule has 0 heterocycles. The van der Waals surface area contributed by atoms with E-state index in [0.717, 1.165) is 26.0 Å². The molecule has 2 N–H and O–H groups in total. The van der Waals surface area contributed by atoms with Crippen molar-refractivity contribution in [1.82, 2.24) is 5.32 Å². The molecule has 0 atom stereocenters. The van der Waals surface area contributed by atoms with Gasteiger partial charge in [0.1, 0.15) is 0 Å². The maximum atomic E-state index is 9.94. The van der Waals surface area contributed by atoms with E-state index < -0.39 is 5.60 Å². The van der Waals surface area contributed by atoms with E-state index in [1.165, 1.54) is 12.8 Å². The lowest BCUT2D eigenvalue weighted by Crippen LogP contribution is -2.54. The maximum Gasteiger partial charge on any atom is 0.0821 e. The lowest BCUT2D eigenvalue weighted by atomic mass is 9.77. The smallest absolute Gasteiger partial charge is 0.0821 e. The molecule has 0 bridgehead atoms. The summed E-state index contributed by atoms with van der Waals surface area (Å²) in [6.07, 6.45) is 4.48.